The fraction of sp³-hybridized carbons (Fsp3) is 0.429. The third-order valence-electron chi connectivity index (χ3n) is 3.68. The highest BCUT2D eigenvalue weighted by molar-refractivity contribution is 5.92. The molecule has 0 bridgehead atoms. The van der Waals surface area contributed by atoms with Crippen molar-refractivity contribution in [3.05, 3.63) is 36.3 Å². The molecule has 110 valence electrons. The molecule has 2 aromatic rings. The second-order valence-electron chi connectivity index (χ2n) is 5.35. The minimum atomic E-state index is -0.0672. The van der Waals surface area contributed by atoms with Gasteiger partial charge in [0, 0.05) is 39.6 Å². The molecule has 0 saturated carbocycles. The van der Waals surface area contributed by atoms with Gasteiger partial charge in [-0.2, -0.15) is 5.10 Å². The monoisotopic (exact) mass is 286 g/mol. The van der Waals surface area contributed by atoms with Crippen LogP contribution in [0.2, 0.25) is 0 Å². The van der Waals surface area contributed by atoms with Gasteiger partial charge in [-0.3, -0.25) is 9.48 Å². The zero-order chi connectivity index (χ0) is 14.8. The number of carbonyl (C=O) groups is 1. The van der Waals surface area contributed by atoms with Gasteiger partial charge >= 0.3 is 0 Å². The lowest BCUT2D eigenvalue weighted by molar-refractivity contribution is 0.0780. The first-order valence-corrected chi connectivity index (χ1v) is 6.94. The zero-order valence-electron chi connectivity index (χ0n) is 12.2. The van der Waals surface area contributed by atoms with E-state index in [0.717, 1.165) is 18.8 Å². The number of carbonyl (C=O) groups excluding carboxylic acids is 1. The summed E-state index contributed by atoms with van der Waals surface area (Å²) in [6.07, 6.45) is 4.61. The first-order valence-electron chi connectivity index (χ1n) is 6.94. The third kappa shape index (κ3) is 2.72. The number of rotatable bonds is 3. The van der Waals surface area contributed by atoms with E-state index < -0.39 is 0 Å². The Morgan fingerprint density at radius 3 is 2.81 bits per heavy atom. The SMILES string of the molecule is CN(C)c1ccc(C(=O)N2CCC(n3cccn3)C2)nn1. The highest BCUT2D eigenvalue weighted by Gasteiger charge is 2.29. The second kappa shape index (κ2) is 5.51. The summed E-state index contributed by atoms with van der Waals surface area (Å²) < 4.78 is 1.91. The molecule has 0 aromatic carbocycles. The number of nitrogens with zero attached hydrogens (tertiary/aromatic N) is 6. The molecule has 0 spiro atoms. The summed E-state index contributed by atoms with van der Waals surface area (Å²) >= 11 is 0. The summed E-state index contributed by atoms with van der Waals surface area (Å²) in [4.78, 5) is 16.1. The normalized spacial score (nSPS) is 18.0. The van der Waals surface area contributed by atoms with Gasteiger partial charge in [-0.05, 0) is 24.6 Å². The number of amides is 1. The van der Waals surface area contributed by atoms with E-state index in [9.17, 15) is 4.79 Å². The van der Waals surface area contributed by atoms with Crippen molar-refractivity contribution in [2.45, 2.75) is 12.5 Å². The van der Waals surface area contributed by atoms with Crippen molar-refractivity contribution in [1.82, 2.24) is 24.9 Å². The van der Waals surface area contributed by atoms with Crippen molar-refractivity contribution in [3.8, 4) is 0 Å². The lowest BCUT2D eigenvalue weighted by Crippen LogP contribution is -2.30. The fourth-order valence-electron chi connectivity index (χ4n) is 2.48. The molecular weight excluding hydrogens is 268 g/mol. The topological polar surface area (TPSA) is 67.2 Å². The standard InChI is InChI=1S/C14H18N6O/c1-18(2)13-5-4-12(16-17-13)14(21)19-9-6-11(10-19)20-8-3-7-15-20/h3-5,7-8,11H,6,9-10H2,1-2H3. The van der Waals surface area contributed by atoms with E-state index in [-0.39, 0.29) is 11.9 Å². The molecule has 0 radical (unpaired) electrons. The van der Waals surface area contributed by atoms with Crippen molar-refractivity contribution < 1.29 is 4.79 Å². The number of hydrogen-bond donors (Lipinski definition) is 0. The van der Waals surface area contributed by atoms with Crippen molar-refractivity contribution >= 4 is 11.7 Å². The molecule has 7 nitrogen and oxygen atoms in total. The Bertz CT molecular complexity index is 607. The Labute approximate surface area is 123 Å². The van der Waals surface area contributed by atoms with E-state index in [1.165, 1.54) is 0 Å². The molecule has 1 saturated heterocycles. The minimum absolute atomic E-state index is 0.0672. The fourth-order valence-corrected chi connectivity index (χ4v) is 2.48. The van der Waals surface area contributed by atoms with Crippen LogP contribution in [0.5, 0.6) is 0 Å². The molecule has 21 heavy (non-hydrogen) atoms. The van der Waals surface area contributed by atoms with E-state index in [4.69, 9.17) is 0 Å². The molecule has 3 heterocycles. The molecule has 1 aliphatic rings. The number of likely N-dealkylation sites (tertiary alicyclic amines) is 1. The van der Waals surface area contributed by atoms with Crippen molar-refractivity contribution in [3.63, 3.8) is 0 Å². The van der Waals surface area contributed by atoms with Crippen LogP contribution in [0, 0.1) is 0 Å². The summed E-state index contributed by atoms with van der Waals surface area (Å²) in [5, 5.41) is 12.3. The van der Waals surface area contributed by atoms with Crippen LogP contribution >= 0.6 is 0 Å². The van der Waals surface area contributed by atoms with Gasteiger partial charge in [0.15, 0.2) is 11.5 Å². The molecule has 7 heteroatoms. The van der Waals surface area contributed by atoms with Gasteiger partial charge in [0.05, 0.1) is 6.04 Å². The van der Waals surface area contributed by atoms with Crippen LogP contribution in [-0.2, 0) is 0 Å². The van der Waals surface area contributed by atoms with E-state index in [1.54, 1.807) is 18.3 Å². The van der Waals surface area contributed by atoms with Crippen LogP contribution < -0.4 is 4.90 Å². The maximum atomic E-state index is 12.4. The maximum Gasteiger partial charge on any atom is 0.274 e. The minimum Gasteiger partial charge on any atom is -0.361 e. The summed E-state index contributed by atoms with van der Waals surface area (Å²) in [6, 6.07) is 5.68. The van der Waals surface area contributed by atoms with Crippen molar-refractivity contribution in [2.24, 2.45) is 0 Å². The largest absolute Gasteiger partial charge is 0.361 e. The Morgan fingerprint density at radius 1 is 1.33 bits per heavy atom. The van der Waals surface area contributed by atoms with Gasteiger partial charge < -0.3 is 9.80 Å². The lowest BCUT2D eigenvalue weighted by atomic mass is 10.3. The molecule has 0 aliphatic carbocycles. The average molecular weight is 286 g/mol. The first-order chi connectivity index (χ1) is 10.1. The van der Waals surface area contributed by atoms with Crippen molar-refractivity contribution in [2.75, 3.05) is 32.1 Å². The highest BCUT2D eigenvalue weighted by Crippen LogP contribution is 2.22. The summed E-state index contributed by atoms with van der Waals surface area (Å²) in [6.45, 7) is 1.39. The smallest absolute Gasteiger partial charge is 0.274 e. The predicted octanol–water partition coefficient (Wildman–Crippen LogP) is 0.826. The lowest BCUT2D eigenvalue weighted by Gasteiger charge is -2.16. The third-order valence-corrected chi connectivity index (χ3v) is 3.68. The quantitative estimate of drug-likeness (QED) is 0.836. The molecule has 1 unspecified atom stereocenters. The molecule has 1 amide bonds. The molecular formula is C14H18N6O. The Kier molecular flexibility index (Phi) is 3.55. The zero-order valence-corrected chi connectivity index (χ0v) is 12.2. The van der Waals surface area contributed by atoms with Crippen LogP contribution in [-0.4, -0.2) is 58.0 Å². The van der Waals surface area contributed by atoms with Crippen molar-refractivity contribution in [1.29, 1.82) is 0 Å². The summed E-state index contributed by atoms with van der Waals surface area (Å²) in [5.41, 5.74) is 0.390. The molecule has 1 atom stereocenters. The Balaban J connectivity index is 1.68. The van der Waals surface area contributed by atoms with Crippen LogP contribution in [0.4, 0.5) is 5.82 Å². The van der Waals surface area contributed by atoms with Gasteiger partial charge in [0.25, 0.3) is 5.91 Å². The predicted molar refractivity (Wildman–Crippen MR) is 78.1 cm³/mol. The van der Waals surface area contributed by atoms with E-state index in [2.05, 4.69) is 15.3 Å². The van der Waals surface area contributed by atoms with Gasteiger partial charge in [0.1, 0.15) is 0 Å². The average Bonchev–Trinajstić information content (AvgIpc) is 3.17. The van der Waals surface area contributed by atoms with E-state index in [1.807, 2.05) is 40.8 Å². The highest BCUT2D eigenvalue weighted by atomic mass is 16.2. The summed E-state index contributed by atoms with van der Waals surface area (Å²) in [5.74, 6) is 0.671. The molecule has 0 N–H and O–H groups in total. The van der Waals surface area contributed by atoms with Crippen LogP contribution in [0.25, 0.3) is 0 Å². The molecule has 1 aliphatic heterocycles. The maximum absolute atomic E-state index is 12.4. The van der Waals surface area contributed by atoms with E-state index in [0.29, 0.717) is 12.2 Å². The number of aromatic nitrogens is 4. The Hall–Kier alpha value is -2.44. The van der Waals surface area contributed by atoms with Crippen LogP contribution in [0.3, 0.4) is 0 Å². The van der Waals surface area contributed by atoms with Crippen LogP contribution in [0.1, 0.15) is 23.0 Å². The second-order valence-corrected chi connectivity index (χ2v) is 5.35. The number of anilines is 1. The van der Waals surface area contributed by atoms with Gasteiger partial charge in [-0.15, -0.1) is 10.2 Å². The first kappa shape index (κ1) is 13.5. The van der Waals surface area contributed by atoms with Crippen LogP contribution in [0.15, 0.2) is 30.6 Å². The number of hydrogen-bond acceptors (Lipinski definition) is 5. The molecule has 2 aromatic heterocycles. The van der Waals surface area contributed by atoms with E-state index >= 15 is 0 Å². The molecule has 1 fully saturated rings. The van der Waals surface area contributed by atoms with Gasteiger partial charge in [-0.25, -0.2) is 0 Å². The molecule has 3 rings (SSSR count). The van der Waals surface area contributed by atoms with Gasteiger partial charge in [0.2, 0.25) is 0 Å². The Morgan fingerprint density at radius 2 is 2.19 bits per heavy atom. The van der Waals surface area contributed by atoms with Gasteiger partial charge in [-0.1, -0.05) is 0 Å². The summed E-state index contributed by atoms with van der Waals surface area (Å²) in [7, 11) is 3.78.